The molecule has 0 saturated heterocycles. The molecule has 3 aromatic rings. The van der Waals surface area contributed by atoms with E-state index in [1.807, 2.05) is 64.1 Å². The summed E-state index contributed by atoms with van der Waals surface area (Å²) in [6.45, 7) is 9.92. The number of anilines is 2. The molecular weight excluding hydrogens is 554 g/mol. The Hall–Kier alpha value is -2.98. The first-order chi connectivity index (χ1) is 17.7. The first-order valence-corrected chi connectivity index (χ1v) is 14.0. The van der Waals surface area contributed by atoms with Crippen molar-refractivity contribution in [2.45, 2.75) is 58.3 Å². The second kappa shape index (κ2) is 11.6. The van der Waals surface area contributed by atoms with Gasteiger partial charge in [-0.3, -0.25) is 4.79 Å². The van der Waals surface area contributed by atoms with Gasteiger partial charge in [0.25, 0.3) is 5.91 Å². The Morgan fingerprint density at radius 1 is 1.27 bits per heavy atom. The van der Waals surface area contributed by atoms with Gasteiger partial charge >= 0.3 is 0 Å². The van der Waals surface area contributed by atoms with E-state index in [9.17, 15) is 4.79 Å². The molecule has 1 amide bonds. The van der Waals surface area contributed by atoms with Gasteiger partial charge in [-0.2, -0.15) is 4.98 Å². The zero-order valence-corrected chi connectivity index (χ0v) is 24.3. The number of aromatic nitrogens is 3. The normalized spacial score (nSPS) is 14.9. The van der Waals surface area contributed by atoms with E-state index in [4.69, 9.17) is 19.6 Å². The minimum atomic E-state index is -0.539. The van der Waals surface area contributed by atoms with Gasteiger partial charge in [0.15, 0.2) is 11.5 Å². The van der Waals surface area contributed by atoms with E-state index in [-0.39, 0.29) is 12.0 Å². The van der Waals surface area contributed by atoms with Gasteiger partial charge in [0.1, 0.15) is 6.04 Å². The summed E-state index contributed by atoms with van der Waals surface area (Å²) in [4.78, 5) is 18.5. The second-order valence-corrected chi connectivity index (χ2v) is 11.0. The number of fused-ring (bicyclic) bond motifs is 1. The van der Waals surface area contributed by atoms with Crippen LogP contribution in [0.5, 0.6) is 11.5 Å². The molecule has 1 atom stereocenters. The maximum absolute atomic E-state index is 13.8. The van der Waals surface area contributed by atoms with E-state index in [0.29, 0.717) is 33.9 Å². The number of nitrogens with one attached hydrogen (secondary N) is 2. The number of thioether (sulfide) groups is 1. The number of methoxy groups -OCH3 is 1. The number of halogens is 1. The van der Waals surface area contributed by atoms with Crippen molar-refractivity contribution in [3.05, 3.63) is 63.3 Å². The second-order valence-electron chi connectivity index (χ2n) is 9.10. The van der Waals surface area contributed by atoms with E-state index in [1.54, 1.807) is 23.6 Å². The lowest BCUT2D eigenvalue weighted by molar-refractivity contribution is -0.113. The van der Waals surface area contributed by atoms with Crippen molar-refractivity contribution in [1.29, 1.82) is 0 Å². The first-order valence-electron chi connectivity index (χ1n) is 12.2. The Balaban J connectivity index is 1.83. The predicted octanol–water partition coefficient (Wildman–Crippen LogP) is 6.57. The topological polar surface area (TPSA) is 90.3 Å². The highest BCUT2D eigenvalue weighted by atomic mass is 79.9. The number of hydrogen-bond donors (Lipinski definition) is 2. The fourth-order valence-electron chi connectivity index (χ4n) is 4.16. The summed E-state index contributed by atoms with van der Waals surface area (Å²) >= 11 is 5.25. The highest BCUT2D eigenvalue weighted by Gasteiger charge is 2.35. The molecule has 2 heterocycles. The van der Waals surface area contributed by atoms with Crippen LogP contribution < -0.4 is 20.1 Å². The molecule has 1 aliphatic rings. The van der Waals surface area contributed by atoms with Gasteiger partial charge in [0.2, 0.25) is 11.1 Å². The quantitative estimate of drug-likeness (QED) is 0.274. The van der Waals surface area contributed by atoms with Crippen molar-refractivity contribution in [3.8, 4) is 11.5 Å². The standard InChI is InChI=1S/C27H32BrN5O3S/c1-7-11-37-27-31-26-29-17(5)22(25(34)30-19-10-8-9-16(4)12-19)23(33(26)32-27)18-13-20(28)24(36-15(2)3)21(14-18)35-6/h8-10,12-15,23H,7,11H2,1-6H3,(H,30,34)(H,29,31,32). The average molecular weight is 587 g/mol. The molecule has 1 unspecified atom stereocenters. The number of amides is 1. The lowest BCUT2D eigenvalue weighted by Crippen LogP contribution is -2.31. The number of aryl methyl sites for hydroxylation is 1. The third kappa shape index (κ3) is 5.96. The van der Waals surface area contributed by atoms with Gasteiger partial charge in [-0.05, 0) is 85.4 Å². The van der Waals surface area contributed by atoms with E-state index in [1.165, 1.54) is 0 Å². The molecule has 0 spiro atoms. The number of nitrogens with zero attached hydrogens (tertiary/aromatic N) is 3. The molecule has 0 radical (unpaired) electrons. The van der Waals surface area contributed by atoms with E-state index in [2.05, 4.69) is 33.5 Å². The lowest BCUT2D eigenvalue weighted by Gasteiger charge is -2.29. The molecule has 0 saturated carbocycles. The lowest BCUT2D eigenvalue weighted by atomic mass is 9.94. The highest BCUT2D eigenvalue weighted by molar-refractivity contribution is 9.10. The molecule has 196 valence electrons. The van der Waals surface area contributed by atoms with Crippen LogP contribution in [-0.2, 0) is 4.79 Å². The molecule has 2 aromatic carbocycles. The zero-order chi connectivity index (χ0) is 26.7. The maximum Gasteiger partial charge on any atom is 0.255 e. The van der Waals surface area contributed by atoms with Crippen LogP contribution in [0, 0.1) is 6.92 Å². The van der Waals surface area contributed by atoms with Crippen molar-refractivity contribution >= 4 is 45.2 Å². The summed E-state index contributed by atoms with van der Waals surface area (Å²) in [5, 5.41) is 11.8. The molecular formula is C27H32BrN5O3S. The van der Waals surface area contributed by atoms with Crippen LogP contribution in [0.2, 0.25) is 0 Å². The number of rotatable bonds is 9. The van der Waals surface area contributed by atoms with Gasteiger partial charge in [-0.25, -0.2) is 4.68 Å². The fourth-order valence-corrected chi connectivity index (χ4v) is 5.39. The van der Waals surface area contributed by atoms with E-state index in [0.717, 1.165) is 33.5 Å². The number of carbonyl (C=O) groups is 1. The molecule has 0 aliphatic carbocycles. The molecule has 37 heavy (non-hydrogen) atoms. The number of carbonyl (C=O) groups excluding carboxylic acids is 1. The SMILES string of the molecule is CCCSc1nc2n(n1)C(c1cc(Br)c(OC(C)C)c(OC)c1)C(C(=O)Nc1cccc(C)c1)=C(C)N2. The van der Waals surface area contributed by atoms with Crippen LogP contribution in [-0.4, -0.2) is 39.6 Å². The summed E-state index contributed by atoms with van der Waals surface area (Å²) in [5.74, 6) is 2.45. The average Bonchev–Trinajstić information content (AvgIpc) is 3.24. The number of hydrogen-bond acceptors (Lipinski definition) is 7. The molecule has 2 N–H and O–H groups in total. The van der Waals surface area contributed by atoms with Crippen molar-refractivity contribution in [2.24, 2.45) is 0 Å². The molecule has 0 fully saturated rings. The monoisotopic (exact) mass is 585 g/mol. The maximum atomic E-state index is 13.8. The summed E-state index contributed by atoms with van der Waals surface area (Å²) in [6, 6.07) is 11.0. The Morgan fingerprint density at radius 2 is 2.05 bits per heavy atom. The van der Waals surface area contributed by atoms with Gasteiger partial charge in [0.05, 0.1) is 23.3 Å². The molecule has 4 rings (SSSR count). The molecule has 1 aliphatic heterocycles. The number of ether oxygens (including phenoxy) is 2. The third-order valence-electron chi connectivity index (χ3n) is 5.71. The van der Waals surface area contributed by atoms with Gasteiger partial charge < -0.3 is 20.1 Å². The molecule has 8 nitrogen and oxygen atoms in total. The van der Waals surface area contributed by atoms with Crippen LogP contribution in [0.1, 0.15) is 51.3 Å². The third-order valence-corrected chi connectivity index (χ3v) is 7.34. The van der Waals surface area contributed by atoms with Crippen LogP contribution in [0.25, 0.3) is 0 Å². The van der Waals surface area contributed by atoms with Crippen LogP contribution >= 0.6 is 27.7 Å². The van der Waals surface area contributed by atoms with Crippen LogP contribution in [0.15, 0.2) is 57.3 Å². The largest absolute Gasteiger partial charge is 0.493 e. The van der Waals surface area contributed by atoms with Gasteiger partial charge in [-0.1, -0.05) is 30.8 Å². The molecule has 0 bridgehead atoms. The number of benzene rings is 2. The zero-order valence-electron chi connectivity index (χ0n) is 21.9. The number of allylic oxidation sites excluding steroid dienone is 1. The minimum Gasteiger partial charge on any atom is -0.493 e. The van der Waals surface area contributed by atoms with Gasteiger partial charge in [-0.15, -0.1) is 5.10 Å². The van der Waals surface area contributed by atoms with E-state index >= 15 is 0 Å². The van der Waals surface area contributed by atoms with Crippen molar-refractivity contribution < 1.29 is 14.3 Å². The van der Waals surface area contributed by atoms with Crippen molar-refractivity contribution in [3.63, 3.8) is 0 Å². The summed E-state index contributed by atoms with van der Waals surface area (Å²) in [6.07, 6.45) is 0.974. The Kier molecular flexibility index (Phi) is 8.49. The Labute approximate surface area is 230 Å². The fraction of sp³-hybridized carbons (Fsp3) is 0.370. The van der Waals surface area contributed by atoms with Crippen LogP contribution in [0.3, 0.4) is 0 Å². The predicted molar refractivity (Wildman–Crippen MR) is 152 cm³/mol. The smallest absolute Gasteiger partial charge is 0.255 e. The molecule has 1 aromatic heterocycles. The van der Waals surface area contributed by atoms with Crippen molar-refractivity contribution in [1.82, 2.24) is 14.8 Å². The minimum absolute atomic E-state index is 0.0344. The van der Waals surface area contributed by atoms with Crippen molar-refractivity contribution in [2.75, 3.05) is 23.5 Å². The summed E-state index contributed by atoms with van der Waals surface area (Å²) in [7, 11) is 1.61. The Bertz CT molecular complexity index is 1340. The summed E-state index contributed by atoms with van der Waals surface area (Å²) in [5.41, 5.74) is 3.85. The first kappa shape index (κ1) is 27.1. The van der Waals surface area contributed by atoms with Gasteiger partial charge in [0, 0.05) is 17.1 Å². The Morgan fingerprint density at radius 3 is 2.73 bits per heavy atom. The van der Waals surface area contributed by atoms with Crippen LogP contribution in [0.4, 0.5) is 11.6 Å². The summed E-state index contributed by atoms with van der Waals surface area (Å²) < 4.78 is 14.2. The van der Waals surface area contributed by atoms with E-state index < -0.39 is 6.04 Å². The molecule has 10 heteroatoms. The highest BCUT2D eigenvalue weighted by Crippen LogP contribution is 2.43.